The first-order valence-electron chi connectivity index (χ1n) is 7.07. The van der Waals surface area contributed by atoms with Gasteiger partial charge in [-0.15, -0.1) is 0 Å². The number of carbonyl (C=O) groups is 1. The summed E-state index contributed by atoms with van der Waals surface area (Å²) in [6.45, 7) is 4.53. The number of halogens is 1. The highest BCUT2D eigenvalue weighted by Gasteiger charge is 2.27. The van der Waals surface area contributed by atoms with Crippen molar-refractivity contribution >= 4 is 21.8 Å². The molecule has 19 heavy (non-hydrogen) atoms. The Hall–Kier alpha value is -0.770. The third-order valence-electron chi connectivity index (χ3n) is 3.87. The van der Waals surface area contributed by atoms with E-state index in [1.165, 1.54) is 19.3 Å². The number of nitrogens with zero attached hydrogens (tertiary/aromatic N) is 1. The lowest BCUT2D eigenvalue weighted by molar-refractivity contribution is 0.0649. The highest BCUT2D eigenvalue weighted by atomic mass is 79.9. The zero-order valence-corrected chi connectivity index (χ0v) is 13.3. The molecule has 4 heteroatoms. The molecule has 3 nitrogen and oxygen atoms in total. The van der Waals surface area contributed by atoms with Crippen molar-refractivity contribution in [2.45, 2.75) is 52.0 Å². The van der Waals surface area contributed by atoms with Crippen molar-refractivity contribution in [3.8, 4) is 0 Å². The van der Waals surface area contributed by atoms with Gasteiger partial charge in [-0.2, -0.15) is 0 Å². The van der Waals surface area contributed by atoms with Gasteiger partial charge >= 0.3 is 0 Å². The number of carbonyl (C=O) groups excluding carboxylic acids is 1. The van der Waals surface area contributed by atoms with Gasteiger partial charge in [0.05, 0.1) is 5.56 Å². The van der Waals surface area contributed by atoms with Crippen molar-refractivity contribution < 1.29 is 9.21 Å². The first-order valence-corrected chi connectivity index (χ1v) is 8.19. The van der Waals surface area contributed by atoms with E-state index in [0.717, 1.165) is 41.8 Å². The second-order valence-electron chi connectivity index (χ2n) is 5.31. The first kappa shape index (κ1) is 14.6. The smallest absolute Gasteiger partial charge is 0.257 e. The predicted octanol–water partition coefficient (Wildman–Crippen LogP) is 4.07. The molecule has 1 amide bonds. The SMILES string of the molecule is Cc1cc(C(=O)N(CCBr)C2CCCCC2)c(C)o1. The first-order chi connectivity index (χ1) is 9.13. The minimum Gasteiger partial charge on any atom is -0.466 e. The van der Waals surface area contributed by atoms with Crippen LogP contribution in [0, 0.1) is 13.8 Å². The number of furan rings is 1. The fourth-order valence-corrected chi connectivity index (χ4v) is 3.31. The van der Waals surface area contributed by atoms with Crippen LogP contribution < -0.4 is 0 Å². The normalized spacial score (nSPS) is 16.6. The van der Waals surface area contributed by atoms with Gasteiger partial charge in [-0.05, 0) is 32.8 Å². The Morgan fingerprint density at radius 3 is 2.58 bits per heavy atom. The molecule has 0 N–H and O–H groups in total. The van der Waals surface area contributed by atoms with E-state index in [1.807, 2.05) is 24.8 Å². The van der Waals surface area contributed by atoms with Crippen molar-refractivity contribution in [3.63, 3.8) is 0 Å². The summed E-state index contributed by atoms with van der Waals surface area (Å²) in [5, 5.41) is 0.825. The molecule has 0 atom stereocenters. The molecule has 0 aliphatic heterocycles. The maximum Gasteiger partial charge on any atom is 0.257 e. The Kier molecular flexibility index (Phi) is 5.08. The van der Waals surface area contributed by atoms with Crippen LogP contribution >= 0.6 is 15.9 Å². The van der Waals surface area contributed by atoms with Gasteiger partial charge in [-0.3, -0.25) is 4.79 Å². The Balaban J connectivity index is 2.17. The third-order valence-corrected chi connectivity index (χ3v) is 4.23. The molecule has 1 aromatic rings. The van der Waals surface area contributed by atoms with Crippen molar-refractivity contribution in [2.75, 3.05) is 11.9 Å². The van der Waals surface area contributed by atoms with Gasteiger partial charge in [0.2, 0.25) is 0 Å². The molecule has 1 fully saturated rings. The molecule has 0 saturated heterocycles. The maximum atomic E-state index is 12.7. The summed E-state index contributed by atoms with van der Waals surface area (Å²) >= 11 is 3.46. The van der Waals surface area contributed by atoms with Crippen LogP contribution in [0.4, 0.5) is 0 Å². The Morgan fingerprint density at radius 1 is 1.37 bits per heavy atom. The molecule has 0 aromatic carbocycles. The molecule has 1 aromatic heterocycles. The second-order valence-corrected chi connectivity index (χ2v) is 6.10. The molecule has 0 spiro atoms. The lowest BCUT2D eigenvalue weighted by atomic mass is 9.93. The molecular formula is C15H22BrNO2. The Bertz CT molecular complexity index is 435. The zero-order valence-electron chi connectivity index (χ0n) is 11.7. The lowest BCUT2D eigenvalue weighted by Crippen LogP contribution is -2.42. The minimum atomic E-state index is 0.126. The topological polar surface area (TPSA) is 33.5 Å². The number of hydrogen-bond acceptors (Lipinski definition) is 2. The van der Waals surface area contributed by atoms with E-state index in [-0.39, 0.29) is 5.91 Å². The van der Waals surface area contributed by atoms with Gasteiger partial charge in [0.25, 0.3) is 5.91 Å². The summed E-state index contributed by atoms with van der Waals surface area (Å²) < 4.78 is 5.49. The van der Waals surface area contributed by atoms with Crippen LogP contribution in [0.3, 0.4) is 0 Å². The van der Waals surface area contributed by atoms with E-state index >= 15 is 0 Å². The summed E-state index contributed by atoms with van der Waals surface area (Å²) in [6.07, 6.45) is 6.04. The number of alkyl halides is 1. The van der Waals surface area contributed by atoms with Gasteiger partial charge in [0.1, 0.15) is 11.5 Å². The predicted molar refractivity (Wildman–Crippen MR) is 79.9 cm³/mol. The van der Waals surface area contributed by atoms with E-state index in [0.29, 0.717) is 6.04 Å². The Labute approximate surface area is 123 Å². The van der Waals surface area contributed by atoms with Crippen LogP contribution in [0.15, 0.2) is 10.5 Å². The average Bonchev–Trinajstić information content (AvgIpc) is 2.75. The van der Waals surface area contributed by atoms with Gasteiger partial charge in [0.15, 0.2) is 0 Å². The standard InChI is InChI=1S/C15H22BrNO2/c1-11-10-14(12(2)19-11)15(18)17(9-8-16)13-6-4-3-5-7-13/h10,13H,3-9H2,1-2H3. The molecule has 0 unspecified atom stereocenters. The van der Waals surface area contributed by atoms with Gasteiger partial charge < -0.3 is 9.32 Å². The maximum absolute atomic E-state index is 12.7. The van der Waals surface area contributed by atoms with Crippen molar-refractivity contribution in [3.05, 3.63) is 23.2 Å². The van der Waals surface area contributed by atoms with E-state index in [4.69, 9.17) is 4.42 Å². The Morgan fingerprint density at radius 2 is 2.05 bits per heavy atom. The summed E-state index contributed by atoms with van der Waals surface area (Å²) in [4.78, 5) is 14.7. The third kappa shape index (κ3) is 3.41. The summed E-state index contributed by atoms with van der Waals surface area (Å²) in [5.41, 5.74) is 0.726. The second kappa shape index (κ2) is 6.60. The van der Waals surface area contributed by atoms with Crippen LogP contribution in [-0.2, 0) is 0 Å². The van der Waals surface area contributed by atoms with E-state index in [1.54, 1.807) is 0 Å². The van der Waals surface area contributed by atoms with Crippen molar-refractivity contribution in [1.82, 2.24) is 4.90 Å². The molecule has 2 rings (SSSR count). The fourth-order valence-electron chi connectivity index (χ4n) is 2.93. The monoisotopic (exact) mass is 327 g/mol. The van der Waals surface area contributed by atoms with E-state index in [9.17, 15) is 4.79 Å². The molecular weight excluding hydrogens is 306 g/mol. The highest BCUT2D eigenvalue weighted by molar-refractivity contribution is 9.09. The fraction of sp³-hybridized carbons (Fsp3) is 0.667. The largest absolute Gasteiger partial charge is 0.466 e. The molecule has 1 aliphatic carbocycles. The van der Waals surface area contributed by atoms with Gasteiger partial charge in [-0.1, -0.05) is 35.2 Å². The number of rotatable bonds is 4. The summed E-state index contributed by atoms with van der Waals surface area (Å²) in [5.74, 6) is 1.67. The van der Waals surface area contributed by atoms with Crippen molar-refractivity contribution in [2.24, 2.45) is 0 Å². The van der Waals surface area contributed by atoms with Crippen LogP contribution in [-0.4, -0.2) is 28.7 Å². The van der Waals surface area contributed by atoms with Crippen molar-refractivity contribution in [1.29, 1.82) is 0 Å². The van der Waals surface area contributed by atoms with Crippen LogP contribution in [0.25, 0.3) is 0 Å². The molecule has 0 radical (unpaired) electrons. The quantitative estimate of drug-likeness (QED) is 0.781. The molecule has 1 aliphatic rings. The van der Waals surface area contributed by atoms with Gasteiger partial charge in [-0.25, -0.2) is 0 Å². The van der Waals surface area contributed by atoms with Crippen LogP contribution in [0.5, 0.6) is 0 Å². The van der Waals surface area contributed by atoms with Crippen LogP contribution in [0.1, 0.15) is 54.0 Å². The highest BCUT2D eigenvalue weighted by Crippen LogP contribution is 2.25. The summed E-state index contributed by atoms with van der Waals surface area (Å²) in [6, 6.07) is 2.26. The van der Waals surface area contributed by atoms with E-state index < -0.39 is 0 Å². The number of amides is 1. The lowest BCUT2D eigenvalue weighted by Gasteiger charge is -2.34. The minimum absolute atomic E-state index is 0.126. The molecule has 1 saturated carbocycles. The average molecular weight is 328 g/mol. The molecule has 0 bridgehead atoms. The number of aryl methyl sites for hydroxylation is 2. The van der Waals surface area contributed by atoms with E-state index in [2.05, 4.69) is 15.9 Å². The molecule has 106 valence electrons. The summed E-state index contributed by atoms with van der Waals surface area (Å²) in [7, 11) is 0. The van der Waals surface area contributed by atoms with Gasteiger partial charge in [0, 0.05) is 17.9 Å². The zero-order chi connectivity index (χ0) is 13.8. The van der Waals surface area contributed by atoms with Crippen LogP contribution in [0.2, 0.25) is 0 Å². The number of hydrogen-bond donors (Lipinski definition) is 0. The molecule has 1 heterocycles.